The Morgan fingerprint density at radius 2 is 2.00 bits per heavy atom. The monoisotopic (exact) mass is 355 g/mol. The fraction of sp³-hybridized carbons (Fsp3) is 0.696. The van der Waals surface area contributed by atoms with Crippen LogP contribution in [0.15, 0.2) is 35.5 Å². The van der Waals surface area contributed by atoms with Crippen molar-refractivity contribution in [2.45, 2.75) is 51.9 Å². The fourth-order valence-electron chi connectivity index (χ4n) is 6.47. The number of allylic oxidation sites excluding steroid dienone is 4. The van der Waals surface area contributed by atoms with Gasteiger partial charge in [0.15, 0.2) is 0 Å². The SMILES string of the molecule is COC(=O)/C=C/C1=CC=C(CNCC23CC4CC(CC(C4)[C@@H]2C)C3)CC1. The first-order valence-electron chi connectivity index (χ1n) is 10.4. The van der Waals surface area contributed by atoms with Gasteiger partial charge in [-0.15, -0.1) is 0 Å². The van der Waals surface area contributed by atoms with Crippen molar-refractivity contribution < 1.29 is 9.53 Å². The predicted octanol–water partition coefficient (Wildman–Crippen LogP) is 4.41. The van der Waals surface area contributed by atoms with Gasteiger partial charge < -0.3 is 10.1 Å². The molecule has 3 heteroatoms. The third-order valence-corrected chi connectivity index (χ3v) is 7.73. The maximum absolute atomic E-state index is 11.2. The molecule has 0 amide bonds. The zero-order valence-corrected chi connectivity index (χ0v) is 16.3. The maximum Gasteiger partial charge on any atom is 0.330 e. The maximum atomic E-state index is 11.2. The first-order chi connectivity index (χ1) is 12.6. The van der Waals surface area contributed by atoms with Crippen LogP contribution in [0.4, 0.5) is 0 Å². The number of carbonyl (C=O) groups is 1. The molecular formula is C23H33NO2. The molecule has 4 saturated carbocycles. The molecule has 5 aliphatic carbocycles. The third kappa shape index (κ3) is 3.55. The summed E-state index contributed by atoms with van der Waals surface area (Å²) < 4.78 is 4.65. The van der Waals surface area contributed by atoms with Crippen molar-refractivity contribution in [3.8, 4) is 0 Å². The van der Waals surface area contributed by atoms with Gasteiger partial charge in [-0.25, -0.2) is 4.79 Å². The van der Waals surface area contributed by atoms with E-state index in [9.17, 15) is 4.79 Å². The molecule has 142 valence electrons. The lowest BCUT2D eigenvalue weighted by atomic mass is 9.45. The second kappa shape index (κ2) is 7.34. The number of rotatable bonds is 6. The summed E-state index contributed by atoms with van der Waals surface area (Å²) in [5.41, 5.74) is 3.26. The standard InChI is InChI=1S/C23H33NO2/c1-16-21-10-19-9-20(11-21)13-23(16,12-19)15-24-14-18-5-3-17(4-6-18)7-8-22(25)26-2/h3,5,7-8,16,19-21,24H,4,6,9-15H2,1-2H3/b8-7+/t16-,19?,20?,21?,23?/m0/s1. The number of methoxy groups -OCH3 is 1. The summed E-state index contributed by atoms with van der Waals surface area (Å²) in [6, 6.07) is 0. The normalized spacial score (nSPS) is 38.4. The minimum Gasteiger partial charge on any atom is -0.466 e. The summed E-state index contributed by atoms with van der Waals surface area (Å²) >= 11 is 0. The number of hydrogen-bond acceptors (Lipinski definition) is 3. The molecule has 5 aliphatic rings. The summed E-state index contributed by atoms with van der Waals surface area (Å²) in [6.45, 7) is 4.75. The minimum atomic E-state index is -0.285. The molecular weight excluding hydrogens is 322 g/mol. The van der Waals surface area contributed by atoms with Crippen molar-refractivity contribution in [3.05, 3.63) is 35.5 Å². The molecule has 0 saturated heterocycles. The molecule has 0 aromatic heterocycles. The molecule has 0 heterocycles. The summed E-state index contributed by atoms with van der Waals surface area (Å²) in [5, 5.41) is 3.83. The first-order valence-corrected chi connectivity index (χ1v) is 10.4. The van der Waals surface area contributed by atoms with Gasteiger partial charge in [-0.2, -0.15) is 0 Å². The van der Waals surface area contributed by atoms with E-state index >= 15 is 0 Å². The van der Waals surface area contributed by atoms with Crippen molar-refractivity contribution in [2.24, 2.45) is 29.1 Å². The summed E-state index contributed by atoms with van der Waals surface area (Å²) in [4.78, 5) is 11.2. The minimum absolute atomic E-state index is 0.285. The van der Waals surface area contributed by atoms with Crippen LogP contribution in [-0.4, -0.2) is 26.2 Å². The number of hydrogen-bond donors (Lipinski definition) is 1. The van der Waals surface area contributed by atoms with Crippen molar-refractivity contribution in [3.63, 3.8) is 0 Å². The highest BCUT2D eigenvalue weighted by Gasteiger charge is 2.54. The molecule has 1 N–H and O–H groups in total. The van der Waals surface area contributed by atoms with E-state index in [-0.39, 0.29) is 5.97 Å². The highest BCUT2D eigenvalue weighted by Crippen LogP contribution is 2.62. The molecule has 4 bridgehead atoms. The van der Waals surface area contributed by atoms with Crippen LogP contribution in [0, 0.1) is 29.1 Å². The molecule has 4 fully saturated rings. The van der Waals surface area contributed by atoms with Crippen molar-refractivity contribution in [1.29, 1.82) is 0 Å². The van der Waals surface area contributed by atoms with Crippen molar-refractivity contribution in [1.82, 2.24) is 5.32 Å². The van der Waals surface area contributed by atoms with Crippen LogP contribution in [0.2, 0.25) is 0 Å². The highest BCUT2D eigenvalue weighted by molar-refractivity contribution is 5.82. The molecule has 0 aromatic carbocycles. The van der Waals surface area contributed by atoms with Crippen LogP contribution in [-0.2, 0) is 9.53 Å². The van der Waals surface area contributed by atoms with Crippen LogP contribution in [0.5, 0.6) is 0 Å². The second-order valence-electron chi connectivity index (χ2n) is 9.29. The van der Waals surface area contributed by atoms with Crippen LogP contribution < -0.4 is 5.32 Å². The molecule has 0 aromatic rings. The van der Waals surface area contributed by atoms with Gasteiger partial charge in [0.25, 0.3) is 0 Å². The van der Waals surface area contributed by atoms with Gasteiger partial charge in [-0.05, 0) is 79.6 Å². The predicted molar refractivity (Wildman–Crippen MR) is 105 cm³/mol. The lowest BCUT2D eigenvalue weighted by molar-refractivity contribution is -0.134. The Hall–Kier alpha value is -1.35. The molecule has 0 aliphatic heterocycles. The van der Waals surface area contributed by atoms with E-state index in [0.717, 1.165) is 43.1 Å². The quantitative estimate of drug-likeness (QED) is 0.566. The van der Waals surface area contributed by atoms with E-state index in [2.05, 4.69) is 29.1 Å². The first kappa shape index (κ1) is 18.0. The summed E-state index contributed by atoms with van der Waals surface area (Å²) in [6.07, 6.45) is 17.3. The van der Waals surface area contributed by atoms with Crippen molar-refractivity contribution in [2.75, 3.05) is 20.2 Å². The van der Waals surface area contributed by atoms with E-state index < -0.39 is 0 Å². The van der Waals surface area contributed by atoms with Crippen LogP contribution in [0.1, 0.15) is 51.9 Å². The van der Waals surface area contributed by atoms with E-state index in [1.807, 2.05) is 6.08 Å². The number of ether oxygens (including phenoxy) is 1. The average Bonchev–Trinajstić information content (AvgIpc) is 2.64. The summed E-state index contributed by atoms with van der Waals surface area (Å²) in [5.74, 6) is 3.66. The topological polar surface area (TPSA) is 38.3 Å². The van der Waals surface area contributed by atoms with Gasteiger partial charge in [0.05, 0.1) is 7.11 Å². The van der Waals surface area contributed by atoms with E-state index in [4.69, 9.17) is 0 Å². The average molecular weight is 356 g/mol. The second-order valence-corrected chi connectivity index (χ2v) is 9.29. The Kier molecular flexibility index (Phi) is 5.09. The molecule has 3 nitrogen and oxygen atoms in total. The van der Waals surface area contributed by atoms with Crippen molar-refractivity contribution >= 4 is 5.97 Å². The number of esters is 1. The van der Waals surface area contributed by atoms with Gasteiger partial charge in [-0.1, -0.05) is 30.7 Å². The Morgan fingerprint density at radius 3 is 2.65 bits per heavy atom. The third-order valence-electron chi connectivity index (χ3n) is 7.73. The largest absolute Gasteiger partial charge is 0.466 e. The fourth-order valence-corrected chi connectivity index (χ4v) is 6.47. The Balaban J connectivity index is 1.30. The Morgan fingerprint density at radius 1 is 1.23 bits per heavy atom. The van der Waals surface area contributed by atoms with Gasteiger partial charge in [0.2, 0.25) is 0 Å². The molecule has 5 rings (SSSR count). The van der Waals surface area contributed by atoms with E-state index in [1.165, 1.54) is 63.0 Å². The van der Waals surface area contributed by atoms with Crippen LogP contribution in [0.25, 0.3) is 0 Å². The van der Waals surface area contributed by atoms with Gasteiger partial charge in [-0.3, -0.25) is 0 Å². The number of carbonyl (C=O) groups excluding carboxylic acids is 1. The zero-order valence-electron chi connectivity index (χ0n) is 16.3. The zero-order chi connectivity index (χ0) is 18.1. The van der Waals surface area contributed by atoms with E-state index in [0.29, 0.717) is 5.41 Å². The van der Waals surface area contributed by atoms with Crippen LogP contribution in [0.3, 0.4) is 0 Å². The van der Waals surface area contributed by atoms with Gasteiger partial charge in [0, 0.05) is 19.2 Å². The lowest BCUT2D eigenvalue weighted by Gasteiger charge is -2.61. The molecule has 26 heavy (non-hydrogen) atoms. The van der Waals surface area contributed by atoms with Gasteiger partial charge in [0.1, 0.15) is 0 Å². The molecule has 0 spiro atoms. The smallest absolute Gasteiger partial charge is 0.330 e. The Labute approximate surface area is 158 Å². The van der Waals surface area contributed by atoms with E-state index in [1.54, 1.807) is 0 Å². The van der Waals surface area contributed by atoms with Gasteiger partial charge >= 0.3 is 5.97 Å². The number of nitrogens with one attached hydrogen (secondary N) is 1. The highest BCUT2D eigenvalue weighted by atomic mass is 16.5. The van der Waals surface area contributed by atoms with Crippen LogP contribution >= 0.6 is 0 Å². The summed E-state index contributed by atoms with van der Waals surface area (Å²) in [7, 11) is 1.41. The molecule has 3 atom stereocenters. The Bertz CT molecular complexity index is 631. The molecule has 0 radical (unpaired) electrons. The lowest BCUT2D eigenvalue weighted by Crippen LogP contribution is -2.55. The molecule has 2 unspecified atom stereocenters.